The van der Waals surface area contributed by atoms with Crippen molar-refractivity contribution < 1.29 is 32.3 Å². The number of carboxylic acids is 1. The Morgan fingerprint density at radius 1 is 1.00 bits per heavy atom. The zero-order valence-electron chi connectivity index (χ0n) is 14.3. The van der Waals surface area contributed by atoms with Crippen LogP contribution in [-0.4, -0.2) is 17.0 Å². The maximum Gasteiger partial charge on any atom is 0.416 e. The van der Waals surface area contributed by atoms with E-state index < -0.39 is 23.6 Å². The summed E-state index contributed by atoms with van der Waals surface area (Å²) in [7, 11) is 0. The first kappa shape index (κ1) is 19.2. The predicted octanol–water partition coefficient (Wildman–Crippen LogP) is 4.84. The zero-order valence-corrected chi connectivity index (χ0v) is 14.3. The van der Waals surface area contributed by atoms with Crippen LogP contribution in [0.2, 0.25) is 0 Å². The first-order valence-corrected chi connectivity index (χ1v) is 8.12. The number of hydrogen-bond acceptors (Lipinski definition) is 3. The van der Waals surface area contributed by atoms with Crippen LogP contribution in [-0.2, 0) is 17.4 Å². The fourth-order valence-corrected chi connectivity index (χ4v) is 2.54. The highest BCUT2D eigenvalue weighted by Gasteiger charge is 2.30. The van der Waals surface area contributed by atoms with Crippen LogP contribution < -0.4 is 5.32 Å². The number of furan rings is 1. The minimum Gasteiger partial charge on any atom is -0.481 e. The zero-order chi connectivity index (χ0) is 20.3. The minimum absolute atomic E-state index is 0.0676. The van der Waals surface area contributed by atoms with Gasteiger partial charge in [0.25, 0.3) is 5.91 Å². The number of carbonyl (C=O) groups excluding carboxylic acids is 1. The van der Waals surface area contributed by atoms with Crippen molar-refractivity contribution in [2.45, 2.75) is 12.6 Å². The van der Waals surface area contributed by atoms with E-state index in [2.05, 4.69) is 5.32 Å². The lowest BCUT2D eigenvalue weighted by Crippen LogP contribution is -2.11. The maximum absolute atomic E-state index is 12.8. The number of anilines is 1. The highest BCUT2D eigenvalue weighted by atomic mass is 19.4. The summed E-state index contributed by atoms with van der Waals surface area (Å²) in [6.45, 7) is 0. The van der Waals surface area contributed by atoms with E-state index in [0.29, 0.717) is 11.3 Å². The molecule has 0 radical (unpaired) electrons. The van der Waals surface area contributed by atoms with Crippen LogP contribution >= 0.6 is 0 Å². The molecular weight excluding hydrogens is 375 g/mol. The fourth-order valence-electron chi connectivity index (χ4n) is 2.54. The van der Waals surface area contributed by atoms with Gasteiger partial charge in [0.15, 0.2) is 5.76 Å². The third kappa shape index (κ3) is 4.59. The van der Waals surface area contributed by atoms with Crippen LogP contribution in [0.4, 0.5) is 18.9 Å². The average Bonchev–Trinajstić information content (AvgIpc) is 3.13. The second-order valence-corrected chi connectivity index (χ2v) is 5.96. The molecule has 0 saturated heterocycles. The lowest BCUT2D eigenvalue weighted by molar-refractivity contribution is -0.138. The molecule has 1 heterocycles. The molecule has 28 heavy (non-hydrogen) atoms. The van der Waals surface area contributed by atoms with E-state index in [1.54, 1.807) is 24.3 Å². The van der Waals surface area contributed by atoms with Crippen LogP contribution in [0.15, 0.2) is 65.1 Å². The van der Waals surface area contributed by atoms with Gasteiger partial charge in [0, 0.05) is 11.3 Å². The van der Waals surface area contributed by atoms with Gasteiger partial charge in [0.2, 0.25) is 0 Å². The molecular formula is C20H14F3NO4. The van der Waals surface area contributed by atoms with Gasteiger partial charge in [-0.25, -0.2) is 0 Å². The van der Waals surface area contributed by atoms with Gasteiger partial charge in [0.1, 0.15) is 5.76 Å². The lowest BCUT2D eigenvalue weighted by Gasteiger charge is -2.07. The Morgan fingerprint density at radius 3 is 2.36 bits per heavy atom. The van der Waals surface area contributed by atoms with Crippen molar-refractivity contribution in [3.05, 3.63) is 77.6 Å². The summed E-state index contributed by atoms with van der Waals surface area (Å²) < 4.78 is 43.9. The van der Waals surface area contributed by atoms with Gasteiger partial charge in [0.05, 0.1) is 12.0 Å². The Labute approximate surface area is 157 Å². The monoisotopic (exact) mass is 389 g/mol. The normalized spacial score (nSPS) is 11.2. The molecule has 0 unspecified atom stereocenters. The molecule has 0 aliphatic heterocycles. The number of hydrogen-bond donors (Lipinski definition) is 2. The number of benzene rings is 2. The number of carbonyl (C=O) groups is 2. The summed E-state index contributed by atoms with van der Waals surface area (Å²) >= 11 is 0. The number of rotatable bonds is 5. The molecule has 3 aromatic rings. The van der Waals surface area contributed by atoms with Crippen LogP contribution in [0.1, 0.15) is 21.7 Å². The molecule has 0 saturated carbocycles. The number of aliphatic carboxylic acids is 1. The smallest absolute Gasteiger partial charge is 0.416 e. The van der Waals surface area contributed by atoms with E-state index in [0.717, 1.165) is 12.1 Å². The van der Waals surface area contributed by atoms with E-state index in [1.807, 2.05) is 0 Å². The molecule has 1 amide bonds. The Morgan fingerprint density at radius 2 is 1.71 bits per heavy atom. The number of halogens is 3. The summed E-state index contributed by atoms with van der Waals surface area (Å²) in [5, 5.41) is 11.3. The van der Waals surface area contributed by atoms with Crippen molar-refractivity contribution in [2.24, 2.45) is 0 Å². The first-order chi connectivity index (χ1) is 13.2. The van der Waals surface area contributed by atoms with Crippen molar-refractivity contribution >= 4 is 17.6 Å². The molecule has 2 N–H and O–H groups in total. The Bertz CT molecular complexity index is 1010. The molecule has 0 aliphatic rings. The van der Waals surface area contributed by atoms with Crippen molar-refractivity contribution in [3.8, 4) is 11.3 Å². The fraction of sp³-hybridized carbons (Fsp3) is 0.100. The third-order valence-corrected chi connectivity index (χ3v) is 3.87. The molecule has 0 atom stereocenters. The number of carboxylic acid groups (broad SMARTS) is 1. The molecule has 144 valence electrons. The Hall–Kier alpha value is -3.55. The second kappa shape index (κ2) is 7.59. The molecule has 0 fully saturated rings. The molecule has 0 spiro atoms. The molecule has 8 heteroatoms. The van der Waals surface area contributed by atoms with Crippen molar-refractivity contribution in [1.29, 1.82) is 0 Å². The lowest BCUT2D eigenvalue weighted by atomic mass is 10.1. The topological polar surface area (TPSA) is 79.5 Å². The van der Waals surface area contributed by atoms with Gasteiger partial charge in [-0.15, -0.1) is 0 Å². The summed E-state index contributed by atoms with van der Waals surface area (Å²) in [5.74, 6) is -1.48. The van der Waals surface area contributed by atoms with Crippen LogP contribution in [0, 0.1) is 0 Å². The molecule has 0 bridgehead atoms. The molecule has 3 rings (SSSR count). The van der Waals surface area contributed by atoms with Gasteiger partial charge in [-0.2, -0.15) is 13.2 Å². The highest BCUT2D eigenvalue weighted by molar-refractivity contribution is 6.02. The van der Waals surface area contributed by atoms with E-state index in [1.165, 1.54) is 24.3 Å². The molecule has 0 aliphatic carbocycles. The highest BCUT2D eigenvalue weighted by Crippen LogP contribution is 2.32. The average molecular weight is 389 g/mol. The SMILES string of the molecule is O=C(O)Cc1ccc(NC(=O)c2ccc(-c3cccc(C(F)(F)F)c3)o2)cc1. The van der Waals surface area contributed by atoms with E-state index >= 15 is 0 Å². The number of nitrogens with one attached hydrogen (secondary N) is 1. The van der Waals surface area contributed by atoms with Crippen LogP contribution in [0.5, 0.6) is 0 Å². The minimum atomic E-state index is -4.48. The van der Waals surface area contributed by atoms with Crippen LogP contribution in [0.25, 0.3) is 11.3 Å². The van der Waals surface area contributed by atoms with E-state index in [-0.39, 0.29) is 23.5 Å². The van der Waals surface area contributed by atoms with Crippen molar-refractivity contribution in [2.75, 3.05) is 5.32 Å². The Balaban J connectivity index is 1.73. The van der Waals surface area contributed by atoms with Crippen LogP contribution in [0.3, 0.4) is 0 Å². The quantitative estimate of drug-likeness (QED) is 0.654. The molecule has 5 nitrogen and oxygen atoms in total. The molecule has 2 aromatic carbocycles. The third-order valence-electron chi connectivity index (χ3n) is 3.87. The van der Waals surface area contributed by atoms with Crippen molar-refractivity contribution in [3.63, 3.8) is 0 Å². The van der Waals surface area contributed by atoms with Gasteiger partial charge in [-0.1, -0.05) is 24.3 Å². The number of alkyl halides is 3. The Kier molecular flexibility index (Phi) is 5.21. The second-order valence-electron chi connectivity index (χ2n) is 5.96. The van der Waals surface area contributed by atoms with E-state index in [9.17, 15) is 22.8 Å². The summed E-state index contributed by atoms with van der Waals surface area (Å²) in [6, 6.07) is 13.6. The van der Waals surface area contributed by atoms with Gasteiger partial charge < -0.3 is 14.8 Å². The van der Waals surface area contributed by atoms with Crippen molar-refractivity contribution in [1.82, 2.24) is 0 Å². The number of amides is 1. The summed E-state index contributed by atoms with van der Waals surface area (Å²) in [6.07, 6.45) is -4.61. The summed E-state index contributed by atoms with van der Waals surface area (Å²) in [4.78, 5) is 22.9. The first-order valence-electron chi connectivity index (χ1n) is 8.12. The molecule has 1 aromatic heterocycles. The maximum atomic E-state index is 12.8. The standard InChI is InChI=1S/C20H14F3NO4/c21-20(22,23)14-3-1-2-13(11-14)16-8-9-17(28-16)19(27)24-15-6-4-12(5-7-15)10-18(25)26/h1-9,11H,10H2,(H,24,27)(H,25,26). The van der Waals surface area contributed by atoms with Gasteiger partial charge in [-0.05, 0) is 42.0 Å². The summed E-state index contributed by atoms with van der Waals surface area (Å²) in [5.41, 5.74) is 0.396. The largest absolute Gasteiger partial charge is 0.481 e. The van der Waals surface area contributed by atoms with Gasteiger partial charge in [-0.3, -0.25) is 9.59 Å². The predicted molar refractivity (Wildman–Crippen MR) is 94.9 cm³/mol. The van der Waals surface area contributed by atoms with E-state index in [4.69, 9.17) is 9.52 Å². The van der Waals surface area contributed by atoms with Gasteiger partial charge >= 0.3 is 12.1 Å².